The first-order valence-electron chi connectivity index (χ1n) is 9.00. The molecule has 0 radical (unpaired) electrons. The van der Waals surface area contributed by atoms with E-state index in [-0.39, 0.29) is 11.0 Å². The zero-order valence-electron chi connectivity index (χ0n) is 14.6. The van der Waals surface area contributed by atoms with Crippen LogP contribution in [0.3, 0.4) is 0 Å². The maximum atomic E-state index is 12.8. The van der Waals surface area contributed by atoms with Gasteiger partial charge in [-0.25, -0.2) is 15.0 Å². The minimum atomic E-state index is -0.132. The SMILES string of the molecule is O=C1c2ccccc2C[C@H]1Sc1ncnc2c1sc1nc3ccccc3cc12. The maximum Gasteiger partial charge on any atom is 0.176 e. The first kappa shape index (κ1) is 16.2. The lowest BCUT2D eigenvalue weighted by molar-refractivity contribution is 0.1000. The molecule has 0 aliphatic heterocycles. The minimum absolute atomic E-state index is 0.132. The number of fused-ring (bicyclic) bond motifs is 5. The van der Waals surface area contributed by atoms with E-state index in [0.717, 1.165) is 53.9 Å². The molecule has 1 aliphatic rings. The number of thioether (sulfide) groups is 1. The highest BCUT2D eigenvalue weighted by atomic mass is 32.2. The molecule has 0 saturated heterocycles. The number of thiophene rings is 1. The Morgan fingerprint density at radius 1 is 1.04 bits per heavy atom. The van der Waals surface area contributed by atoms with Crippen molar-refractivity contribution in [3.63, 3.8) is 0 Å². The third-order valence-corrected chi connectivity index (χ3v) is 7.57. The van der Waals surface area contributed by atoms with E-state index in [0.29, 0.717) is 0 Å². The molecular weight excluding hydrogens is 386 g/mol. The van der Waals surface area contributed by atoms with Crippen molar-refractivity contribution in [1.82, 2.24) is 15.0 Å². The number of nitrogens with zero attached hydrogens (tertiary/aromatic N) is 3. The van der Waals surface area contributed by atoms with Crippen LogP contribution < -0.4 is 0 Å². The number of para-hydroxylation sites is 1. The molecule has 5 aromatic rings. The average molecular weight is 400 g/mol. The van der Waals surface area contributed by atoms with Crippen molar-refractivity contribution in [3.8, 4) is 0 Å². The lowest BCUT2D eigenvalue weighted by Crippen LogP contribution is -2.11. The predicted octanol–water partition coefficient (Wildman–Crippen LogP) is 5.29. The van der Waals surface area contributed by atoms with Crippen LogP contribution in [0, 0.1) is 0 Å². The summed E-state index contributed by atoms with van der Waals surface area (Å²) in [4.78, 5) is 27.6. The molecule has 0 unspecified atom stereocenters. The van der Waals surface area contributed by atoms with Crippen molar-refractivity contribution >= 4 is 60.2 Å². The van der Waals surface area contributed by atoms with Crippen LogP contribution in [-0.2, 0) is 6.42 Å². The van der Waals surface area contributed by atoms with Gasteiger partial charge in [0.2, 0.25) is 0 Å². The van der Waals surface area contributed by atoms with E-state index in [1.165, 1.54) is 0 Å². The second-order valence-electron chi connectivity index (χ2n) is 6.82. The molecule has 0 bridgehead atoms. The fourth-order valence-corrected chi connectivity index (χ4v) is 6.15. The molecule has 0 N–H and O–H groups in total. The molecule has 1 atom stereocenters. The first-order valence-corrected chi connectivity index (χ1v) is 10.7. The van der Waals surface area contributed by atoms with Gasteiger partial charge >= 0.3 is 0 Å². The van der Waals surface area contributed by atoms with E-state index in [1.54, 1.807) is 29.4 Å². The van der Waals surface area contributed by atoms with Crippen molar-refractivity contribution in [2.45, 2.75) is 16.7 Å². The largest absolute Gasteiger partial charge is 0.293 e. The normalized spacial score (nSPS) is 16.3. The van der Waals surface area contributed by atoms with E-state index < -0.39 is 0 Å². The van der Waals surface area contributed by atoms with Crippen LogP contribution in [0.15, 0.2) is 66.0 Å². The van der Waals surface area contributed by atoms with Crippen molar-refractivity contribution < 1.29 is 4.79 Å². The van der Waals surface area contributed by atoms with Crippen LogP contribution in [0.5, 0.6) is 0 Å². The Morgan fingerprint density at radius 2 is 1.89 bits per heavy atom. The molecule has 2 aromatic carbocycles. The molecule has 0 fully saturated rings. The van der Waals surface area contributed by atoms with Crippen LogP contribution in [0.4, 0.5) is 0 Å². The molecule has 134 valence electrons. The van der Waals surface area contributed by atoms with Gasteiger partial charge in [0.25, 0.3) is 0 Å². The Kier molecular flexibility index (Phi) is 3.51. The van der Waals surface area contributed by atoms with Crippen LogP contribution in [0.1, 0.15) is 15.9 Å². The highest BCUT2D eigenvalue weighted by molar-refractivity contribution is 8.01. The summed E-state index contributed by atoms with van der Waals surface area (Å²) in [7, 11) is 0. The van der Waals surface area contributed by atoms with Crippen LogP contribution in [0.25, 0.3) is 31.3 Å². The Labute approximate surface area is 168 Å². The fourth-order valence-electron chi connectivity index (χ4n) is 3.80. The highest BCUT2D eigenvalue weighted by Gasteiger charge is 2.32. The lowest BCUT2D eigenvalue weighted by Gasteiger charge is -2.07. The Hall–Kier alpha value is -2.83. The second-order valence-corrected chi connectivity index (χ2v) is 9.01. The van der Waals surface area contributed by atoms with Gasteiger partial charge in [-0.05, 0) is 24.1 Å². The van der Waals surface area contributed by atoms with Crippen molar-refractivity contribution in [2.24, 2.45) is 0 Å². The summed E-state index contributed by atoms with van der Waals surface area (Å²) in [6, 6.07) is 18.1. The number of benzene rings is 2. The highest BCUT2D eigenvalue weighted by Crippen LogP contribution is 2.41. The average Bonchev–Trinajstić information content (AvgIpc) is 3.25. The number of pyridine rings is 1. The van der Waals surface area contributed by atoms with E-state index in [4.69, 9.17) is 4.98 Å². The van der Waals surface area contributed by atoms with Gasteiger partial charge in [0.15, 0.2) is 5.78 Å². The van der Waals surface area contributed by atoms with Crippen molar-refractivity contribution in [1.29, 1.82) is 0 Å². The zero-order valence-corrected chi connectivity index (χ0v) is 16.3. The van der Waals surface area contributed by atoms with Crippen LogP contribution >= 0.6 is 23.1 Å². The second kappa shape index (κ2) is 6.09. The number of Topliss-reactive ketones (excluding diaryl/α,β-unsaturated/α-hetero) is 1. The minimum Gasteiger partial charge on any atom is -0.293 e. The smallest absolute Gasteiger partial charge is 0.176 e. The van der Waals surface area contributed by atoms with Gasteiger partial charge in [-0.2, -0.15) is 0 Å². The van der Waals surface area contributed by atoms with Crippen LogP contribution in [-0.4, -0.2) is 26.0 Å². The van der Waals surface area contributed by atoms with E-state index >= 15 is 0 Å². The van der Waals surface area contributed by atoms with Gasteiger partial charge in [-0.15, -0.1) is 11.3 Å². The van der Waals surface area contributed by atoms with E-state index in [2.05, 4.69) is 22.1 Å². The Morgan fingerprint density at radius 3 is 2.82 bits per heavy atom. The topological polar surface area (TPSA) is 55.7 Å². The van der Waals surface area contributed by atoms with Gasteiger partial charge in [-0.1, -0.05) is 54.2 Å². The summed E-state index contributed by atoms with van der Waals surface area (Å²) in [5, 5.41) is 2.88. The lowest BCUT2D eigenvalue weighted by atomic mass is 10.1. The molecule has 4 nitrogen and oxygen atoms in total. The van der Waals surface area contributed by atoms with Gasteiger partial charge in [0.05, 0.1) is 21.0 Å². The molecule has 3 aromatic heterocycles. The summed E-state index contributed by atoms with van der Waals surface area (Å²) in [5.41, 5.74) is 3.86. The van der Waals surface area contributed by atoms with Crippen LogP contribution in [0.2, 0.25) is 0 Å². The quantitative estimate of drug-likeness (QED) is 0.377. The molecule has 6 rings (SSSR count). The summed E-state index contributed by atoms with van der Waals surface area (Å²) < 4.78 is 1.01. The number of rotatable bonds is 2. The number of hydrogen-bond acceptors (Lipinski definition) is 6. The number of ketones is 1. The molecule has 3 heterocycles. The monoisotopic (exact) mass is 399 g/mol. The fraction of sp³-hybridized carbons (Fsp3) is 0.0909. The molecule has 0 spiro atoms. The van der Waals surface area contributed by atoms with Crippen molar-refractivity contribution in [3.05, 3.63) is 72.1 Å². The number of aromatic nitrogens is 3. The molecule has 1 aliphatic carbocycles. The Balaban J connectivity index is 1.47. The summed E-state index contributed by atoms with van der Waals surface area (Å²) in [6.07, 6.45) is 2.34. The van der Waals surface area contributed by atoms with E-state index in [1.807, 2.05) is 42.5 Å². The summed E-state index contributed by atoms with van der Waals surface area (Å²) in [5.74, 6) is 0.192. The summed E-state index contributed by atoms with van der Waals surface area (Å²) in [6.45, 7) is 0. The molecular formula is C22H13N3OS2. The Bertz CT molecular complexity index is 1410. The predicted molar refractivity (Wildman–Crippen MR) is 114 cm³/mol. The number of carbonyl (C=O) groups excluding carboxylic acids is 1. The van der Waals surface area contributed by atoms with Gasteiger partial charge < -0.3 is 0 Å². The standard InChI is InChI=1S/C22H13N3OS2/c26-19-14-7-3-1-5-12(14)10-17(19)27-22-20-18(23-11-24-22)15-9-13-6-2-4-8-16(13)25-21(15)28-20/h1-9,11,17H,10H2/t17-/m1/s1. The maximum absolute atomic E-state index is 12.8. The zero-order chi connectivity index (χ0) is 18.7. The third-order valence-electron chi connectivity index (χ3n) is 5.15. The number of carbonyl (C=O) groups is 1. The molecule has 6 heteroatoms. The van der Waals surface area contributed by atoms with Gasteiger partial charge in [-0.3, -0.25) is 4.79 Å². The first-order chi connectivity index (χ1) is 13.8. The molecule has 0 saturated carbocycles. The van der Waals surface area contributed by atoms with Gasteiger partial charge in [0, 0.05) is 16.3 Å². The van der Waals surface area contributed by atoms with Gasteiger partial charge in [0.1, 0.15) is 16.2 Å². The summed E-state index contributed by atoms with van der Waals surface area (Å²) >= 11 is 3.15. The third kappa shape index (κ3) is 2.38. The van der Waals surface area contributed by atoms with E-state index in [9.17, 15) is 4.79 Å². The van der Waals surface area contributed by atoms with Crippen molar-refractivity contribution in [2.75, 3.05) is 0 Å². The number of hydrogen-bond donors (Lipinski definition) is 0. The molecule has 0 amide bonds. The molecule has 28 heavy (non-hydrogen) atoms.